The van der Waals surface area contributed by atoms with E-state index in [4.69, 9.17) is 4.74 Å². The molecule has 0 bridgehead atoms. The van der Waals surface area contributed by atoms with Crippen molar-refractivity contribution < 1.29 is 9.53 Å². The molecular formula is C19H31N3O2. The first-order valence-corrected chi connectivity index (χ1v) is 9.67. The fraction of sp³-hybridized carbons (Fsp3) is 0.789. The summed E-state index contributed by atoms with van der Waals surface area (Å²) in [6.07, 6.45) is 12.4. The van der Waals surface area contributed by atoms with Crippen molar-refractivity contribution >= 4 is 5.78 Å². The van der Waals surface area contributed by atoms with Crippen molar-refractivity contribution in [1.82, 2.24) is 14.5 Å². The standard InChI is InChI=1S/C19H31N3O2/c1-21-17(18(23)16-9-4-2-5-10-16)15-20-19(21)24-14-8-13-22-11-6-3-7-12-22/h15-16H,2-14H2,1H3. The van der Waals surface area contributed by atoms with Gasteiger partial charge < -0.3 is 9.64 Å². The number of rotatable bonds is 7. The minimum Gasteiger partial charge on any atom is -0.465 e. The number of hydrogen-bond donors (Lipinski definition) is 0. The molecule has 0 N–H and O–H groups in total. The molecular weight excluding hydrogens is 302 g/mol. The number of likely N-dealkylation sites (tertiary alicyclic amines) is 1. The van der Waals surface area contributed by atoms with Gasteiger partial charge >= 0.3 is 0 Å². The van der Waals surface area contributed by atoms with Crippen molar-refractivity contribution in [2.24, 2.45) is 13.0 Å². The molecule has 1 saturated heterocycles. The van der Waals surface area contributed by atoms with Crippen LogP contribution in [0.4, 0.5) is 0 Å². The lowest BCUT2D eigenvalue weighted by Crippen LogP contribution is -2.31. The monoisotopic (exact) mass is 333 g/mol. The highest BCUT2D eigenvalue weighted by atomic mass is 16.5. The molecule has 2 heterocycles. The Bertz CT molecular complexity index is 529. The Morgan fingerprint density at radius 1 is 1.17 bits per heavy atom. The summed E-state index contributed by atoms with van der Waals surface area (Å²) in [5, 5.41) is 0. The Labute approximate surface area is 145 Å². The first-order chi connectivity index (χ1) is 11.8. The van der Waals surface area contributed by atoms with Crippen LogP contribution in [0.25, 0.3) is 0 Å². The van der Waals surface area contributed by atoms with Crippen molar-refractivity contribution in [3.8, 4) is 6.01 Å². The van der Waals surface area contributed by atoms with Crippen LogP contribution in [0, 0.1) is 5.92 Å². The van der Waals surface area contributed by atoms with E-state index < -0.39 is 0 Å². The van der Waals surface area contributed by atoms with Gasteiger partial charge in [0.25, 0.3) is 6.01 Å². The fourth-order valence-corrected chi connectivity index (χ4v) is 3.96. The number of carbonyl (C=O) groups is 1. The molecule has 2 aliphatic rings. The molecule has 2 fully saturated rings. The summed E-state index contributed by atoms with van der Waals surface area (Å²) in [6, 6.07) is 0.577. The summed E-state index contributed by atoms with van der Waals surface area (Å²) in [6.45, 7) is 4.21. The number of piperidine rings is 1. The lowest BCUT2D eigenvalue weighted by Gasteiger charge is -2.26. The molecule has 0 spiro atoms. The quantitative estimate of drug-likeness (QED) is 0.566. The molecule has 5 heteroatoms. The van der Waals surface area contributed by atoms with Gasteiger partial charge in [-0.2, -0.15) is 0 Å². The van der Waals surface area contributed by atoms with E-state index in [2.05, 4.69) is 9.88 Å². The predicted molar refractivity (Wildman–Crippen MR) is 94.5 cm³/mol. The zero-order valence-corrected chi connectivity index (χ0v) is 15.0. The molecule has 1 aliphatic carbocycles. The van der Waals surface area contributed by atoms with Crippen molar-refractivity contribution in [2.75, 3.05) is 26.2 Å². The molecule has 0 atom stereocenters. The number of Topliss-reactive ketones (excluding diaryl/α,β-unsaturated/α-hetero) is 1. The summed E-state index contributed by atoms with van der Waals surface area (Å²) < 4.78 is 7.65. The second kappa shape index (κ2) is 8.65. The van der Waals surface area contributed by atoms with Gasteiger partial charge in [-0.25, -0.2) is 4.98 Å². The van der Waals surface area contributed by atoms with Gasteiger partial charge in [0.1, 0.15) is 5.69 Å². The zero-order chi connectivity index (χ0) is 16.8. The van der Waals surface area contributed by atoms with E-state index in [-0.39, 0.29) is 11.7 Å². The molecule has 5 nitrogen and oxygen atoms in total. The summed E-state index contributed by atoms with van der Waals surface area (Å²) >= 11 is 0. The molecule has 3 rings (SSSR count). The van der Waals surface area contributed by atoms with E-state index in [9.17, 15) is 4.79 Å². The molecule has 1 saturated carbocycles. The van der Waals surface area contributed by atoms with Gasteiger partial charge in [-0.05, 0) is 45.2 Å². The van der Waals surface area contributed by atoms with Crippen molar-refractivity contribution in [3.63, 3.8) is 0 Å². The predicted octanol–water partition coefficient (Wildman–Crippen LogP) is 3.44. The van der Waals surface area contributed by atoms with Crippen LogP contribution in [0.5, 0.6) is 6.01 Å². The molecule has 1 aliphatic heterocycles. The number of carbonyl (C=O) groups excluding carboxylic acids is 1. The zero-order valence-electron chi connectivity index (χ0n) is 15.0. The van der Waals surface area contributed by atoms with Crippen molar-refractivity contribution in [3.05, 3.63) is 11.9 Å². The highest BCUT2D eigenvalue weighted by molar-refractivity contribution is 5.96. The molecule has 24 heavy (non-hydrogen) atoms. The summed E-state index contributed by atoms with van der Waals surface area (Å²) in [5.74, 6) is 0.425. The minimum absolute atomic E-state index is 0.182. The van der Waals surface area contributed by atoms with Gasteiger partial charge in [0.15, 0.2) is 5.78 Å². The Morgan fingerprint density at radius 2 is 1.88 bits per heavy atom. The Kier molecular flexibility index (Phi) is 6.30. The van der Waals surface area contributed by atoms with Crippen LogP contribution < -0.4 is 4.74 Å². The third-order valence-corrected chi connectivity index (χ3v) is 5.47. The molecule has 0 amide bonds. The van der Waals surface area contributed by atoms with Crippen molar-refractivity contribution in [2.45, 2.75) is 57.8 Å². The third-order valence-electron chi connectivity index (χ3n) is 5.47. The Hall–Kier alpha value is -1.36. The lowest BCUT2D eigenvalue weighted by molar-refractivity contribution is 0.0879. The maximum atomic E-state index is 12.6. The van der Waals surface area contributed by atoms with Gasteiger partial charge in [0.2, 0.25) is 0 Å². The average Bonchev–Trinajstić information content (AvgIpc) is 3.00. The SMILES string of the molecule is Cn1c(C(=O)C2CCCCC2)cnc1OCCCN1CCCCC1. The highest BCUT2D eigenvalue weighted by Crippen LogP contribution is 2.27. The number of aromatic nitrogens is 2. The number of ketones is 1. The largest absolute Gasteiger partial charge is 0.465 e. The summed E-state index contributed by atoms with van der Waals surface area (Å²) in [4.78, 5) is 19.5. The van der Waals surface area contributed by atoms with Gasteiger partial charge in [0, 0.05) is 19.5 Å². The van der Waals surface area contributed by atoms with Crippen LogP contribution in [-0.2, 0) is 7.05 Å². The second-order valence-electron chi connectivity index (χ2n) is 7.29. The smallest absolute Gasteiger partial charge is 0.296 e. The van der Waals surface area contributed by atoms with Crippen LogP contribution in [0.2, 0.25) is 0 Å². The molecule has 134 valence electrons. The highest BCUT2D eigenvalue weighted by Gasteiger charge is 2.25. The molecule has 1 aromatic rings. The Morgan fingerprint density at radius 3 is 2.62 bits per heavy atom. The third kappa shape index (κ3) is 4.38. The average molecular weight is 333 g/mol. The Balaban J connectivity index is 1.46. The maximum absolute atomic E-state index is 12.6. The van der Waals surface area contributed by atoms with E-state index in [1.165, 1.54) is 51.6 Å². The van der Waals surface area contributed by atoms with Crippen molar-refractivity contribution in [1.29, 1.82) is 0 Å². The minimum atomic E-state index is 0.182. The van der Waals surface area contributed by atoms with E-state index >= 15 is 0 Å². The van der Waals surface area contributed by atoms with E-state index in [0.717, 1.165) is 25.8 Å². The maximum Gasteiger partial charge on any atom is 0.296 e. The van der Waals surface area contributed by atoms with Gasteiger partial charge in [0.05, 0.1) is 12.8 Å². The summed E-state index contributed by atoms with van der Waals surface area (Å²) in [7, 11) is 1.89. The molecule has 0 unspecified atom stereocenters. The second-order valence-corrected chi connectivity index (χ2v) is 7.29. The molecule has 0 radical (unpaired) electrons. The van der Waals surface area contributed by atoms with Crippen LogP contribution in [0.3, 0.4) is 0 Å². The topological polar surface area (TPSA) is 47.4 Å². The van der Waals surface area contributed by atoms with E-state index in [0.29, 0.717) is 18.3 Å². The fourth-order valence-electron chi connectivity index (χ4n) is 3.96. The van der Waals surface area contributed by atoms with Gasteiger partial charge in [-0.15, -0.1) is 0 Å². The van der Waals surface area contributed by atoms with E-state index in [1.807, 2.05) is 11.6 Å². The normalized spacial score (nSPS) is 20.2. The number of ether oxygens (including phenoxy) is 1. The lowest BCUT2D eigenvalue weighted by atomic mass is 9.85. The summed E-state index contributed by atoms with van der Waals surface area (Å²) in [5.41, 5.74) is 0.702. The first-order valence-electron chi connectivity index (χ1n) is 9.67. The molecule has 1 aromatic heterocycles. The van der Waals surface area contributed by atoms with Crippen LogP contribution in [0.1, 0.15) is 68.3 Å². The van der Waals surface area contributed by atoms with Crippen LogP contribution >= 0.6 is 0 Å². The van der Waals surface area contributed by atoms with Crippen LogP contribution in [-0.4, -0.2) is 46.5 Å². The number of imidazole rings is 1. The number of nitrogens with zero attached hydrogens (tertiary/aromatic N) is 3. The number of hydrogen-bond acceptors (Lipinski definition) is 4. The van der Waals surface area contributed by atoms with Crippen LogP contribution in [0.15, 0.2) is 6.20 Å². The van der Waals surface area contributed by atoms with Gasteiger partial charge in [-0.3, -0.25) is 9.36 Å². The van der Waals surface area contributed by atoms with Gasteiger partial charge in [-0.1, -0.05) is 25.7 Å². The van der Waals surface area contributed by atoms with E-state index in [1.54, 1.807) is 6.20 Å². The molecule has 0 aromatic carbocycles. The first kappa shape index (κ1) is 17.5.